The minimum atomic E-state index is -0.739. The van der Waals surface area contributed by atoms with E-state index < -0.39 is 5.97 Å². The topological polar surface area (TPSA) is 63.3 Å². The molecule has 0 aromatic heterocycles. The van der Waals surface area contributed by atoms with Crippen molar-refractivity contribution in [2.45, 2.75) is 71.1 Å². The van der Waals surface area contributed by atoms with Crippen molar-refractivity contribution in [2.24, 2.45) is 23.5 Å². The largest absolute Gasteiger partial charge is 0.481 e. The molecule has 0 spiro atoms. The monoisotopic (exact) mass is 269 g/mol. The van der Waals surface area contributed by atoms with Crippen molar-refractivity contribution in [3.8, 4) is 0 Å². The third kappa shape index (κ3) is 6.95. The highest BCUT2D eigenvalue weighted by Gasteiger charge is 2.17. The molecule has 2 atom stereocenters. The Bertz CT molecular complexity index is 249. The molecule has 3 nitrogen and oxygen atoms in total. The number of hydrogen-bond acceptors (Lipinski definition) is 2. The number of hydrogen-bond donors (Lipinski definition) is 2. The molecule has 19 heavy (non-hydrogen) atoms. The molecule has 0 saturated heterocycles. The molecule has 0 aliphatic heterocycles. The zero-order valence-corrected chi connectivity index (χ0v) is 12.4. The first kappa shape index (κ1) is 16.5. The van der Waals surface area contributed by atoms with Crippen LogP contribution in [0.15, 0.2) is 0 Å². The third-order valence-electron chi connectivity index (χ3n) is 4.68. The summed E-state index contributed by atoms with van der Waals surface area (Å²) in [6.45, 7) is 2.51. The van der Waals surface area contributed by atoms with E-state index in [-0.39, 0.29) is 12.5 Å². The summed E-state index contributed by atoms with van der Waals surface area (Å²) in [5.74, 6) is 0.520. The van der Waals surface area contributed by atoms with Crippen LogP contribution in [0, 0.1) is 17.8 Å². The van der Waals surface area contributed by atoms with Crippen molar-refractivity contribution in [1.29, 1.82) is 0 Å². The fourth-order valence-electron chi connectivity index (χ4n) is 3.20. The molecule has 1 saturated carbocycles. The maximum Gasteiger partial charge on any atom is 0.307 e. The van der Waals surface area contributed by atoms with Crippen LogP contribution >= 0.6 is 0 Å². The maximum atomic E-state index is 10.9. The number of nitrogens with two attached hydrogens (primary N) is 1. The Labute approximate surface area is 118 Å². The van der Waals surface area contributed by atoms with E-state index >= 15 is 0 Å². The van der Waals surface area contributed by atoms with Crippen LogP contribution in [0.1, 0.15) is 71.1 Å². The summed E-state index contributed by atoms with van der Waals surface area (Å²) in [5.41, 5.74) is 5.48. The van der Waals surface area contributed by atoms with Crippen LogP contribution in [-0.2, 0) is 4.79 Å². The summed E-state index contributed by atoms with van der Waals surface area (Å²) in [4.78, 5) is 10.9. The third-order valence-corrected chi connectivity index (χ3v) is 4.68. The number of carboxylic acid groups (broad SMARTS) is 1. The Balaban J connectivity index is 2.06. The van der Waals surface area contributed by atoms with Crippen molar-refractivity contribution in [2.75, 3.05) is 6.54 Å². The Hall–Kier alpha value is -0.570. The molecule has 1 aliphatic rings. The van der Waals surface area contributed by atoms with Gasteiger partial charge >= 0.3 is 5.97 Å². The fourth-order valence-corrected chi connectivity index (χ4v) is 3.20. The summed E-state index contributed by atoms with van der Waals surface area (Å²) < 4.78 is 0. The van der Waals surface area contributed by atoms with Gasteiger partial charge in [0.05, 0.1) is 5.92 Å². The Morgan fingerprint density at radius 2 is 1.89 bits per heavy atom. The van der Waals surface area contributed by atoms with E-state index in [2.05, 4.69) is 6.92 Å². The highest BCUT2D eigenvalue weighted by atomic mass is 16.4. The molecule has 0 heterocycles. The second kappa shape index (κ2) is 9.35. The van der Waals surface area contributed by atoms with Gasteiger partial charge in [-0.15, -0.1) is 0 Å². The molecule has 1 rings (SSSR count). The Morgan fingerprint density at radius 1 is 1.21 bits per heavy atom. The van der Waals surface area contributed by atoms with Gasteiger partial charge in [-0.3, -0.25) is 4.79 Å². The van der Waals surface area contributed by atoms with E-state index in [1.165, 1.54) is 51.4 Å². The average Bonchev–Trinajstić information content (AvgIpc) is 2.40. The van der Waals surface area contributed by atoms with Crippen LogP contribution in [0.2, 0.25) is 0 Å². The lowest BCUT2D eigenvalue weighted by Gasteiger charge is -2.22. The zero-order valence-electron chi connectivity index (χ0n) is 12.4. The molecular formula is C16H31NO2. The predicted octanol–water partition coefficient (Wildman–Crippen LogP) is 3.81. The van der Waals surface area contributed by atoms with Crippen molar-refractivity contribution in [3.63, 3.8) is 0 Å². The van der Waals surface area contributed by atoms with Gasteiger partial charge in [-0.05, 0) is 24.7 Å². The van der Waals surface area contributed by atoms with Crippen LogP contribution in [0.4, 0.5) is 0 Å². The van der Waals surface area contributed by atoms with E-state index in [9.17, 15) is 4.79 Å². The molecular weight excluding hydrogens is 238 g/mol. The fraction of sp³-hybridized carbons (Fsp3) is 0.938. The van der Waals surface area contributed by atoms with Gasteiger partial charge in [-0.25, -0.2) is 0 Å². The summed E-state index contributed by atoms with van der Waals surface area (Å²) in [6, 6.07) is 0. The zero-order chi connectivity index (χ0) is 14.1. The standard InChI is InChI=1S/C16H31NO2/c1-13(10-11-15(12-17)16(18)19)6-5-9-14-7-3-2-4-8-14/h13-15H,2-12,17H2,1H3,(H,18,19)/t13-,15-/m1/s1. The smallest absolute Gasteiger partial charge is 0.307 e. The van der Waals surface area contributed by atoms with Gasteiger partial charge in [0.2, 0.25) is 0 Å². The first-order valence-corrected chi connectivity index (χ1v) is 8.06. The van der Waals surface area contributed by atoms with Crippen molar-refractivity contribution < 1.29 is 9.90 Å². The quantitative estimate of drug-likeness (QED) is 0.669. The molecule has 0 radical (unpaired) electrons. The molecule has 3 N–H and O–H groups in total. The predicted molar refractivity (Wildman–Crippen MR) is 79.0 cm³/mol. The van der Waals surface area contributed by atoms with Crippen LogP contribution in [0.25, 0.3) is 0 Å². The van der Waals surface area contributed by atoms with Crippen LogP contribution in [0.3, 0.4) is 0 Å². The van der Waals surface area contributed by atoms with E-state index in [4.69, 9.17) is 10.8 Å². The Kier molecular flexibility index (Phi) is 8.11. The van der Waals surface area contributed by atoms with E-state index in [0.29, 0.717) is 5.92 Å². The average molecular weight is 269 g/mol. The molecule has 112 valence electrons. The lowest BCUT2D eigenvalue weighted by molar-refractivity contribution is -0.141. The van der Waals surface area contributed by atoms with Gasteiger partial charge in [0.1, 0.15) is 0 Å². The van der Waals surface area contributed by atoms with Crippen LogP contribution in [0.5, 0.6) is 0 Å². The minimum Gasteiger partial charge on any atom is -0.481 e. The number of carbonyl (C=O) groups is 1. The SMILES string of the molecule is C[C@H](CCCC1CCCCC1)CC[C@H](CN)C(=O)O. The highest BCUT2D eigenvalue weighted by Crippen LogP contribution is 2.29. The first-order valence-electron chi connectivity index (χ1n) is 8.06. The molecule has 1 fully saturated rings. The second-order valence-corrected chi connectivity index (χ2v) is 6.39. The van der Waals surface area contributed by atoms with E-state index in [1.807, 2.05) is 0 Å². The minimum absolute atomic E-state index is 0.268. The van der Waals surface area contributed by atoms with Crippen molar-refractivity contribution in [3.05, 3.63) is 0 Å². The summed E-state index contributed by atoms with van der Waals surface area (Å²) in [5, 5.41) is 8.95. The molecule has 3 heteroatoms. The van der Waals surface area contributed by atoms with Gasteiger partial charge < -0.3 is 10.8 Å². The van der Waals surface area contributed by atoms with Crippen molar-refractivity contribution in [1.82, 2.24) is 0 Å². The molecule has 0 bridgehead atoms. The normalized spacial score (nSPS) is 20.1. The molecule has 0 unspecified atom stereocenters. The lowest BCUT2D eigenvalue weighted by Crippen LogP contribution is -2.23. The van der Waals surface area contributed by atoms with Gasteiger partial charge in [0, 0.05) is 6.54 Å². The molecule has 0 aromatic rings. The van der Waals surface area contributed by atoms with E-state index in [1.54, 1.807) is 0 Å². The maximum absolute atomic E-state index is 10.9. The summed E-state index contributed by atoms with van der Waals surface area (Å²) in [7, 11) is 0. The Morgan fingerprint density at radius 3 is 2.47 bits per heavy atom. The van der Waals surface area contributed by atoms with Crippen molar-refractivity contribution >= 4 is 5.97 Å². The van der Waals surface area contributed by atoms with Gasteiger partial charge in [-0.2, -0.15) is 0 Å². The molecule has 1 aliphatic carbocycles. The lowest BCUT2D eigenvalue weighted by atomic mass is 9.84. The van der Waals surface area contributed by atoms with Gasteiger partial charge in [-0.1, -0.05) is 58.3 Å². The molecule has 0 aromatic carbocycles. The van der Waals surface area contributed by atoms with E-state index in [0.717, 1.165) is 18.8 Å². The van der Waals surface area contributed by atoms with Gasteiger partial charge in [0.25, 0.3) is 0 Å². The van der Waals surface area contributed by atoms with Crippen LogP contribution < -0.4 is 5.73 Å². The second-order valence-electron chi connectivity index (χ2n) is 6.39. The number of carboxylic acids is 1. The van der Waals surface area contributed by atoms with Crippen LogP contribution in [-0.4, -0.2) is 17.6 Å². The highest BCUT2D eigenvalue weighted by molar-refractivity contribution is 5.70. The summed E-state index contributed by atoms with van der Waals surface area (Å²) >= 11 is 0. The number of aliphatic carboxylic acids is 1. The number of rotatable bonds is 9. The first-order chi connectivity index (χ1) is 9.13. The molecule has 0 amide bonds. The van der Waals surface area contributed by atoms with Gasteiger partial charge in [0.15, 0.2) is 0 Å². The summed E-state index contributed by atoms with van der Waals surface area (Å²) in [6.07, 6.45) is 12.8.